The van der Waals surface area contributed by atoms with Crippen LogP contribution in [0.4, 0.5) is 0 Å². The fourth-order valence-electron chi connectivity index (χ4n) is 3.60. The van der Waals surface area contributed by atoms with Crippen LogP contribution in [0.25, 0.3) is 0 Å². The molecule has 0 saturated carbocycles. The van der Waals surface area contributed by atoms with E-state index < -0.39 is 0 Å². The van der Waals surface area contributed by atoms with Crippen LogP contribution in [0.3, 0.4) is 0 Å². The number of rotatable bonds is 7. The van der Waals surface area contributed by atoms with Gasteiger partial charge in [0.2, 0.25) is 0 Å². The van der Waals surface area contributed by atoms with Gasteiger partial charge in [0.15, 0.2) is 0 Å². The van der Waals surface area contributed by atoms with E-state index in [0.29, 0.717) is 23.6 Å². The highest BCUT2D eigenvalue weighted by molar-refractivity contribution is 5.94. The molecule has 6 heteroatoms. The molecular formula is C23H25N3O3. The monoisotopic (exact) mass is 391 g/mol. The van der Waals surface area contributed by atoms with Crippen molar-refractivity contribution in [3.63, 3.8) is 0 Å². The lowest BCUT2D eigenvalue weighted by Crippen LogP contribution is -2.36. The minimum atomic E-state index is -0.106. The molecule has 1 aliphatic heterocycles. The van der Waals surface area contributed by atoms with E-state index in [-0.39, 0.29) is 11.9 Å². The lowest BCUT2D eigenvalue weighted by atomic mass is 10.1. The number of aryl methyl sites for hydroxylation is 1. The van der Waals surface area contributed by atoms with Crippen molar-refractivity contribution < 1.29 is 13.9 Å². The van der Waals surface area contributed by atoms with Gasteiger partial charge in [0.1, 0.15) is 23.0 Å². The number of pyridine rings is 1. The van der Waals surface area contributed by atoms with Crippen LogP contribution in [-0.4, -0.2) is 35.4 Å². The van der Waals surface area contributed by atoms with Gasteiger partial charge < -0.3 is 14.5 Å². The van der Waals surface area contributed by atoms with E-state index in [1.807, 2.05) is 31.2 Å². The second-order valence-corrected chi connectivity index (χ2v) is 7.23. The number of furan rings is 1. The summed E-state index contributed by atoms with van der Waals surface area (Å²) in [5, 5.41) is 3.06. The number of carbonyl (C=O) groups excluding carboxylic acids is 1. The molecule has 0 bridgehead atoms. The van der Waals surface area contributed by atoms with Crippen molar-refractivity contribution in [3.8, 4) is 11.5 Å². The minimum Gasteiger partial charge on any atom is -0.465 e. The maximum Gasteiger partial charge on any atom is 0.251 e. The van der Waals surface area contributed by atoms with Gasteiger partial charge >= 0.3 is 0 Å². The number of benzene rings is 1. The number of ether oxygens (including phenoxy) is 1. The van der Waals surface area contributed by atoms with Crippen molar-refractivity contribution in [2.45, 2.75) is 25.8 Å². The van der Waals surface area contributed by atoms with Crippen LogP contribution in [0.5, 0.6) is 11.5 Å². The van der Waals surface area contributed by atoms with Gasteiger partial charge in [-0.3, -0.25) is 14.7 Å². The second kappa shape index (κ2) is 8.92. The molecule has 1 aromatic carbocycles. The van der Waals surface area contributed by atoms with Crippen LogP contribution in [0.2, 0.25) is 0 Å². The molecule has 2 aromatic heterocycles. The highest BCUT2D eigenvalue weighted by Gasteiger charge is 2.26. The lowest BCUT2D eigenvalue weighted by molar-refractivity contribution is 0.0933. The first-order valence-electron chi connectivity index (χ1n) is 9.95. The van der Waals surface area contributed by atoms with Crippen molar-refractivity contribution in [1.29, 1.82) is 0 Å². The number of likely N-dealkylation sites (tertiary alicyclic amines) is 1. The number of aromatic nitrogens is 1. The number of nitrogens with one attached hydrogen (secondary N) is 1. The Morgan fingerprint density at radius 2 is 1.93 bits per heavy atom. The first kappa shape index (κ1) is 19.2. The molecule has 3 heterocycles. The van der Waals surface area contributed by atoms with Crippen LogP contribution in [0.1, 0.15) is 40.8 Å². The Morgan fingerprint density at radius 3 is 2.59 bits per heavy atom. The fraction of sp³-hybridized carbons (Fsp3) is 0.304. The Balaban J connectivity index is 1.38. The van der Waals surface area contributed by atoms with E-state index in [9.17, 15) is 4.79 Å². The lowest BCUT2D eigenvalue weighted by Gasteiger charge is -2.26. The fourth-order valence-corrected chi connectivity index (χ4v) is 3.60. The van der Waals surface area contributed by atoms with E-state index in [1.54, 1.807) is 36.7 Å². The van der Waals surface area contributed by atoms with E-state index in [1.165, 1.54) is 12.8 Å². The Bertz CT molecular complexity index is 932. The quantitative estimate of drug-likeness (QED) is 0.649. The Kier molecular flexibility index (Phi) is 5.91. The normalized spacial score (nSPS) is 15.2. The summed E-state index contributed by atoms with van der Waals surface area (Å²) in [4.78, 5) is 19.1. The summed E-state index contributed by atoms with van der Waals surface area (Å²) in [6.45, 7) is 4.51. The molecule has 1 N–H and O–H groups in total. The molecule has 1 fully saturated rings. The minimum absolute atomic E-state index is 0.0586. The van der Waals surface area contributed by atoms with Gasteiger partial charge in [0.05, 0.1) is 12.2 Å². The number of carbonyl (C=O) groups is 1. The Hall–Kier alpha value is -3.12. The predicted octanol–water partition coefficient (Wildman–Crippen LogP) is 4.34. The van der Waals surface area contributed by atoms with E-state index >= 15 is 0 Å². The molecule has 0 radical (unpaired) electrons. The number of amides is 1. The smallest absolute Gasteiger partial charge is 0.251 e. The third-order valence-electron chi connectivity index (χ3n) is 5.11. The van der Waals surface area contributed by atoms with Crippen LogP contribution < -0.4 is 10.1 Å². The molecule has 29 heavy (non-hydrogen) atoms. The van der Waals surface area contributed by atoms with Crippen LogP contribution in [0, 0.1) is 6.92 Å². The van der Waals surface area contributed by atoms with Crippen molar-refractivity contribution in [1.82, 2.24) is 15.2 Å². The predicted molar refractivity (Wildman–Crippen MR) is 110 cm³/mol. The summed E-state index contributed by atoms with van der Waals surface area (Å²) < 4.78 is 11.6. The number of nitrogens with zero attached hydrogens (tertiary/aromatic N) is 2. The summed E-state index contributed by atoms with van der Waals surface area (Å²) >= 11 is 0. The van der Waals surface area contributed by atoms with E-state index in [2.05, 4.69) is 15.2 Å². The molecule has 4 rings (SSSR count). The standard InChI is InChI=1S/C23H25N3O3/c1-17-6-11-22(28-17)21(26-13-2-3-14-26)16-25-23(27)18-7-9-19(10-8-18)29-20-5-4-12-24-15-20/h4-12,15,21H,2-3,13-14,16H2,1H3,(H,25,27). The molecule has 1 atom stereocenters. The van der Waals surface area contributed by atoms with E-state index in [0.717, 1.165) is 24.6 Å². The summed E-state index contributed by atoms with van der Waals surface area (Å²) in [7, 11) is 0. The highest BCUT2D eigenvalue weighted by Crippen LogP contribution is 2.26. The zero-order valence-corrected chi connectivity index (χ0v) is 16.5. The molecular weight excluding hydrogens is 366 g/mol. The van der Waals surface area contributed by atoms with Gasteiger partial charge in [0.25, 0.3) is 5.91 Å². The highest BCUT2D eigenvalue weighted by atomic mass is 16.5. The molecule has 3 aromatic rings. The molecule has 150 valence electrons. The van der Waals surface area contributed by atoms with E-state index in [4.69, 9.17) is 9.15 Å². The summed E-state index contributed by atoms with van der Waals surface area (Å²) in [5.74, 6) is 3.01. The summed E-state index contributed by atoms with van der Waals surface area (Å²) in [5.41, 5.74) is 0.597. The zero-order chi connectivity index (χ0) is 20.1. The molecule has 1 saturated heterocycles. The SMILES string of the molecule is Cc1ccc(C(CNC(=O)c2ccc(Oc3cccnc3)cc2)N2CCCC2)o1. The van der Waals surface area contributed by atoms with Crippen molar-refractivity contribution in [3.05, 3.63) is 78.0 Å². The zero-order valence-electron chi connectivity index (χ0n) is 16.5. The second-order valence-electron chi connectivity index (χ2n) is 7.23. The van der Waals surface area contributed by atoms with Gasteiger partial charge in [-0.1, -0.05) is 0 Å². The average Bonchev–Trinajstić information content (AvgIpc) is 3.42. The first-order valence-corrected chi connectivity index (χ1v) is 9.95. The average molecular weight is 391 g/mol. The number of hydrogen-bond acceptors (Lipinski definition) is 5. The van der Waals surface area contributed by atoms with Gasteiger partial charge in [-0.05, 0) is 81.4 Å². The number of hydrogen-bond donors (Lipinski definition) is 1. The van der Waals surface area contributed by atoms with Crippen molar-refractivity contribution >= 4 is 5.91 Å². The first-order chi connectivity index (χ1) is 14.2. The van der Waals surface area contributed by atoms with Gasteiger partial charge in [-0.25, -0.2) is 0 Å². The maximum absolute atomic E-state index is 12.7. The topological polar surface area (TPSA) is 67.6 Å². The largest absolute Gasteiger partial charge is 0.465 e. The molecule has 1 amide bonds. The third kappa shape index (κ3) is 4.84. The molecule has 6 nitrogen and oxygen atoms in total. The molecule has 1 unspecified atom stereocenters. The molecule has 0 aliphatic carbocycles. The summed E-state index contributed by atoms with van der Waals surface area (Å²) in [6, 6.07) is 14.8. The molecule has 1 aliphatic rings. The Morgan fingerprint density at radius 1 is 1.14 bits per heavy atom. The van der Waals surface area contributed by atoms with Crippen LogP contribution >= 0.6 is 0 Å². The van der Waals surface area contributed by atoms with Crippen molar-refractivity contribution in [2.75, 3.05) is 19.6 Å². The third-order valence-corrected chi connectivity index (χ3v) is 5.11. The van der Waals surface area contributed by atoms with Gasteiger partial charge in [0, 0.05) is 18.3 Å². The van der Waals surface area contributed by atoms with Crippen LogP contribution in [-0.2, 0) is 0 Å². The van der Waals surface area contributed by atoms with Crippen LogP contribution in [0.15, 0.2) is 65.3 Å². The van der Waals surface area contributed by atoms with Gasteiger partial charge in [-0.2, -0.15) is 0 Å². The maximum atomic E-state index is 12.7. The van der Waals surface area contributed by atoms with Gasteiger partial charge in [-0.15, -0.1) is 0 Å². The Labute approximate surface area is 170 Å². The molecule has 0 spiro atoms. The summed E-state index contributed by atoms with van der Waals surface area (Å²) in [6.07, 6.45) is 5.71. The van der Waals surface area contributed by atoms with Crippen molar-refractivity contribution in [2.24, 2.45) is 0 Å².